The number of thioether (sulfide) groups is 1. The highest BCUT2D eigenvalue weighted by molar-refractivity contribution is 7.99. The van der Waals surface area contributed by atoms with Gasteiger partial charge in [0.05, 0.1) is 16.5 Å². The third kappa shape index (κ3) is 4.90. The average molecular weight is 449 g/mol. The van der Waals surface area contributed by atoms with Crippen LogP contribution in [-0.4, -0.2) is 41.3 Å². The van der Waals surface area contributed by atoms with Crippen LogP contribution in [0.5, 0.6) is 0 Å². The number of rotatable bonds is 5. The highest BCUT2D eigenvalue weighted by atomic mass is 35.5. The Kier molecular flexibility index (Phi) is 6.38. The average Bonchev–Trinajstić information content (AvgIpc) is 3.53. The molecule has 152 valence electrons. The molecule has 2 aromatic carbocycles. The fourth-order valence-corrected chi connectivity index (χ4v) is 5.03. The number of benzene rings is 2. The third-order valence-electron chi connectivity index (χ3n) is 5.45. The molecule has 1 heterocycles. The first-order valence-electron chi connectivity index (χ1n) is 9.72. The molecular weight excluding hydrogens is 427 g/mol. The summed E-state index contributed by atoms with van der Waals surface area (Å²) < 4.78 is 0. The van der Waals surface area contributed by atoms with Gasteiger partial charge in [0.2, 0.25) is 11.8 Å². The van der Waals surface area contributed by atoms with E-state index in [9.17, 15) is 9.59 Å². The van der Waals surface area contributed by atoms with Crippen LogP contribution < -0.4 is 5.32 Å². The van der Waals surface area contributed by atoms with Crippen LogP contribution in [0.2, 0.25) is 10.0 Å². The van der Waals surface area contributed by atoms with Crippen LogP contribution in [0.4, 0.5) is 5.69 Å². The first-order valence-corrected chi connectivity index (χ1v) is 11.6. The molecule has 2 amide bonds. The van der Waals surface area contributed by atoms with Gasteiger partial charge in [0.15, 0.2) is 0 Å². The summed E-state index contributed by atoms with van der Waals surface area (Å²) in [4.78, 5) is 26.9. The van der Waals surface area contributed by atoms with Crippen molar-refractivity contribution in [2.45, 2.75) is 18.8 Å². The monoisotopic (exact) mass is 448 g/mol. The molecule has 2 unspecified atom stereocenters. The van der Waals surface area contributed by atoms with Crippen molar-refractivity contribution in [3.8, 4) is 0 Å². The number of hydrogen-bond donors (Lipinski definition) is 1. The van der Waals surface area contributed by atoms with Crippen molar-refractivity contribution >= 4 is 52.5 Å². The van der Waals surface area contributed by atoms with E-state index in [1.807, 2.05) is 53.1 Å². The van der Waals surface area contributed by atoms with Crippen LogP contribution in [0.15, 0.2) is 42.5 Å². The molecule has 0 radical (unpaired) electrons. The smallest absolute Gasteiger partial charge is 0.228 e. The first-order chi connectivity index (χ1) is 14.0. The topological polar surface area (TPSA) is 49.4 Å². The summed E-state index contributed by atoms with van der Waals surface area (Å²) in [6.45, 7) is 1.66. The maximum absolute atomic E-state index is 12.6. The highest BCUT2D eigenvalue weighted by Gasteiger charge is 2.45. The van der Waals surface area contributed by atoms with E-state index >= 15 is 0 Å². The number of carbonyl (C=O) groups is 2. The Morgan fingerprint density at radius 3 is 2.52 bits per heavy atom. The summed E-state index contributed by atoms with van der Waals surface area (Å²) in [6.07, 6.45) is 1.17. The summed E-state index contributed by atoms with van der Waals surface area (Å²) in [7, 11) is 0. The molecule has 2 atom stereocenters. The van der Waals surface area contributed by atoms with E-state index < -0.39 is 0 Å². The molecule has 4 nitrogen and oxygen atoms in total. The fraction of sp³-hybridized carbons (Fsp3) is 0.364. The largest absolute Gasteiger partial charge is 0.341 e. The van der Waals surface area contributed by atoms with E-state index in [2.05, 4.69) is 5.32 Å². The highest BCUT2D eigenvalue weighted by Crippen LogP contribution is 2.51. The Labute approximate surface area is 184 Å². The second-order valence-electron chi connectivity index (χ2n) is 7.45. The second kappa shape index (κ2) is 8.99. The molecule has 7 heteroatoms. The van der Waals surface area contributed by atoms with Crippen LogP contribution >= 0.6 is 35.0 Å². The van der Waals surface area contributed by atoms with Crippen molar-refractivity contribution in [2.24, 2.45) is 5.92 Å². The van der Waals surface area contributed by atoms with Crippen molar-refractivity contribution in [2.75, 3.05) is 29.9 Å². The molecular formula is C22H22Cl2N2O2S. The van der Waals surface area contributed by atoms with Crippen LogP contribution in [0.1, 0.15) is 23.5 Å². The Morgan fingerprint density at radius 1 is 1.07 bits per heavy atom. The molecule has 2 aliphatic rings. The third-order valence-corrected chi connectivity index (χ3v) is 7.22. The maximum atomic E-state index is 12.6. The van der Waals surface area contributed by atoms with E-state index in [0.717, 1.165) is 47.8 Å². The lowest BCUT2D eigenvalue weighted by Gasteiger charge is -2.26. The predicted molar refractivity (Wildman–Crippen MR) is 120 cm³/mol. The Balaban J connectivity index is 1.31. The molecule has 2 aromatic rings. The quantitative estimate of drug-likeness (QED) is 0.710. The van der Waals surface area contributed by atoms with Crippen molar-refractivity contribution < 1.29 is 9.59 Å². The number of hydrogen-bond acceptors (Lipinski definition) is 3. The first kappa shape index (κ1) is 20.6. The zero-order valence-electron chi connectivity index (χ0n) is 15.9. The fourth-order valence-electron chi connectivity index (χ4n) is 3.68. The summed E-state index contributed by atoms with van der Waals surface area (Å²) >= 11 is 14.2. The molecule has 1 aliphatic carbocycles. The maximum Gasteiger partial charge on any atom is 0.228 e. The van der Waals surface area contributed by atoms with Gasteiger partial charge in [-0.1, -0.05) is 47.5 Å². The molecule has 0 bridgehead atoms. The summed E-state index contributed by atoms with van der Waals surface area (Å²) in [5.41, 5.74) is 2.63. The van der Waals surface area contributed by atoms with E-state index in [0.29, 0.717) is 16.5 Å². The lowest BCUT2D eigenvalue weighted by atomic mass is 10.1. The van der Waals surface area contributed by atoms with Crippen molar-refractivity contribution in [1.82, 2.24) is 4.90 Å². The Bertz CT molecular complexity index is 914. The minimum Gasteiger partial charge on any atom is -0.341 e. The number of amides is 2. The summed E-state index contributed by atoms with van der Waals surface area (Å²) in [5.74, 6) is 2.20. The second-order valence-corrected chi connectivity index (χ2v) is 9.46. The molecule has 0 spiro atoms. The van der Waals surface area contributed by atoms with E-state index in [1.165, 1.54) is 0 Å². The molecule has 2 fully saturated rings. The number of anilines is 1. The number of nitrogens with zero attached hydrogens (tertiary/aromatic N) is 1. The molecule has 1 saturated heterocycles. The standard InChI is InChI=1S/C22H22Cl2N2O2S/c23-19-3-1-2-16(21(19)24)17-13-18(17)22(28)25-15-6-4-14(5-7-15)12-20(27)26-8-10-29-11-9-26/h1-7,17-18H,8-13H2,(H,25,28). The van der Waals surface area contributed by atoms with Gasteiger partial charge in [-0.05, 0) is 41.7 Å². The summed E-state index contributed by atoms with van der Waals surface area (Å²) in [6, 6.07) is 13.1. The van der Waals surface area contributed by atoms with Gasteiger partial charge in [0.1, 0.15) is 0 Å². The summed E-state index contributed by atoms with van der Waals surface area (Å²) in [5, 5.41) is 4.02. The zero-order chi connectivity index (χ0) is 20.4. The van der Waals surface area contributed by atoms with Gasteiger partial charge in [-0.3, -0.25) is 9.59 Å². The van der Waals surface area contributed by atoms with Crippen molar-refractivity contribution in [1.29, 1.82) is 0 Å². The molecule has 4 rings (SSSR count). The molecule has 1 N–H and O–H groups in total. The number of halogens is 2. The minimum absolute atomic E-state index is 0.0133. The van der Waals surface area contributed by atoms with E-state index in [4.69, 9.17) is 23.2 Å². The lowest BCUT2D eigenvalue weighted by molar-refractivity contribution is -0.130. The van der Waals surface area contributed by atoms with E-state index in [1.54, 1.807) is 6.07 Å². The Morgan fingerprint density at radius 2 is 1.79 bits per heavy atom. The number of carbonyl (C=O) groups excluding carboxylic acids is 2. The van der Waals surface area contributed by atoms with Gasteiger partial charge in [0, 0.05) is 36.2 Å². The molecule has 0 aromatic heterocycles. The van der Waals surface area contributed by atoms with Gasteiger partial charge in [0.25, 0.3) is 0 Å². The van der Waals surface area contributed by atoms with Crippen molar-refractivity contribution in [3.63, 3.8) is 0 Å². The van der Waals surface area contributed by atoms with Crippen LogP contribution in [0, 0.1) is 5.92 Å². The SMILES string of the molecule is O=C(Nc1ccc(CC(=O)N2CCSCC2)cc1)C1CC1c1cccc(Cl)c1Cl. The molecule has 1 saturated carbocycles. The van der Waals surface area contributed by atoms with E-state index in [-0.39, 0.29) is 23.7 Å². The van der Waals surface area contributed by atoms with Gasteiger partial charge in [-0.15, -0.1) is 0 Å². The van der Waals surface area contributed by atoms with Crippen LogP contribution in [0.25, 0.3) is 0 Å². The van der Waals surface area contributed by atoms with Gasteiger partial charge < -0.3 is 10.2 Å². The minimum atomic E-state index is -0.0933. The molecule has 29 heavy (non-hydrogen) atoms. The number of nitrogens with one attached hydrogen (secondary N) is 1. The normalized spacial score (nSPS) is 21.0. The zero-order valence-corrected chi connectivity index (χ0v) is 18.2. The molecule has 1 aliphatic heterocycles. The Hall–Kier alpha value is -1.69. The predicted octanol–water partition coefficient (Wildman–Crippen LogP) is 4.85. The van der Waals surface area contributed by atoms with Crippen molar-refractivity contribution in [3.05, 3.63) is 63.6 Å². The van der Waals surface area contributed by atoms with Crippen LogP contribution in [-0.2, 0) is 16.0 Å². The van der Waals surface area contributed by atoms with Gasteiger partial charge >= 0.3 is 0 Å². The van der Waals surface area contributed by atoms with Gasteiger partial charge in [-0.2, -0.15) is 11.8 Å². The lowest BCUT2D eigenvalue weighted by Crippen LogP contribution is -2.38. The van der Waals surface area contributed by atoms with Crippen LogP contribution in [0.3, 0.4) is 0 Å². The van der Waals surface area contributed by atoms with Gasteiger partial charge in [-0.25, -0.2) is 0 Å².